The van der Waals surface area contributed by atoms with Crippen molar-refractivity contribution in [1.29, 1.82) is 0 Å². The molecule has 0 radical (unpaired) electrons. The number of fused-ring (bicyclic) bond motifs is 3. The standard InChI is InChI=1S/C20H13ClO2/c1-12-6-8-13(9-7-12)18-16(21)10-11-17-19(18)14-4-2-3-5-15(14)20(22)23-17/h2-11H,1H3. The highest BCUT2D eigenvalue weighted by atomic mass is 35.5. The van der Waals surface area contributed by atoms with Crippen molar-refractivity contribution in [3.63, 3.8) is 0 Å². The highest BCUT2D eigenvalue weighted by Gasteiger charge is 2.15. The van der Waals surface area contributed by atoms with E-state index in [1.165, 1.54) is 5.56 Å². The maximum Gasteiger partial charge on any atom is 0.344 e. The molecule has 4 aromatic rings. The third kappa shape index (κ3) is 2.23. The summed E-state index contributed by atoms with van der Waals surface area (Å²) < 4.78 is 5.50. The van der Waals surface area contributed by atoms with Gasteiger partial charge in [0, 0.05) is 21.4 Å². The van der Waals surface area contributed by atoms with Crippen LogP contribution in [0.3, 0.4) is 0 Å². The minimum Gasteiger partial charge on any atom is -0.422 e. The van der Waals surface area contributed by atoms with E-state index in [1.54, 1.807) is 18.2 Å². The lowest BCUT2D eigenvalue weighted by Gasteiger charge is -2.11. The average Bonchev–Trinajstić information content (AvgIpc) is 2.57. The molecule has 0 unspecified atom stereocenters. The first kappa shape index (κ1) is 14.0. The monoisotopic (exact) mass is 320 g/mol. The Bertz CT molecular complexity index is 1090. The maximum atomic E-state index is 12.2. The van der Waals surface area contributed by atoms with E-state index in [1.807, 2.05) is 49.4 Å². The smallest absolute Gasteiger partial charge is 0.344 e. The topological polar surface area (TPSA) is 30.2 Å². The highest BCUT2D eigenvalue weighted by Crippen LogP contribution is 2.38. The van der Waals surface area contributed by atoms with Crippen LogP contribution >= 0.6 is 11.6 Å². The molecule has 4 rings (SSSR count). The van der Waals surface area contributed by atoms with Gasteiger partial charge in [-0.2, -0.15) is 0 Å². The van der Waals surface area contributed by atoms with Crippen LogP contribution in [0.4, 0.5) is 0 Å². The van der Waals surface area contributed by atoms with Gasteiger partial charge in [-0.1, -0.05) is 59.6 Å². The number of hydrogen-bond acceptors (Lipinski definition) is 2. The zero-order chi connectivity index (χ0) is 16.0. The predicted octanol–water partition coefficient (Wildman–Crippen LogP) is 5.58. The molecule has 1 heterocycles. The molecule has 0 spiro atoms. The average molecular weight is 321 g/mol. The lowest BCUT2D eigenvalue weighted by atomic mass is 9.96. The van der Waals surface area contributed by atoms with Gasteiger partial charge < -0.3 is 4.42 Å². The number of benzene rings is 3. The zero-order valence-corrected chi connectivity index (χ0v) is 13.2. The number of hydrogen-bond donors (Lipinski definition) is 0. The van der Waals surface area contributed by atoms with Crippen molar-refractivity contribution in [1.82, 2.24) is 0 Å². The Morgan fingerprint density at radius 3 is 2.30 bits per heavy atom. The molecule has 1 aromatic heterocycles. The Morgan fingerprint density at radius 2 is 1.57 bits per heavy atom. The Hall–Kier alpha value is -2.58. The summed E-state index contributed by atoms with van der Waals surface area (Å²) in [6.07, 6.45) is 0. The first-order valence-corrected chi connectivity index (χ1v) is 7.74. The highest BCUT2D eigenvalue weighted by molar-refractivity contribution is 6.36. The number of rotatable bonds is 1. The number of halogens is 1. The van der Waals surface area contributed by atoms with Crippen molar-refractivity contribution < 1.29 is 4.42 Å². The molecule has 23 heavy (non-hydrogen) atoms. The fraction of sp³-hybridized carbons (Fsp3) is 0.0500. The quantitative estimate of drug-likeness (QED) is 0.339. The molecule has 0 saturated heterocycles. The summed E-state index contributed by atoms with van der Waals surface area (Å²) in [5.41, 5.74) is 3.30. The summed E-state index contributed by atoms with van der Waals surface area (Å²) in [5, 5.41) is 2.93. The van der Waals surface area contributed by atoms with Crippen LogP contribution in [0.25, 0.3) is 32.9 Å². The fourth-order valence-corrected chi connectivity index (χ4v) is 3.21. The second-order valence-electron chi connectivity index (χ2n) is 5.60. The normalized spacial score (nSPS) is 11.2. The van der Waals surface area contributed by atoms with E-state index in [4.69, 9.17) is 16.0 Å². The molecule has 112 valence electrons. The fourth-order valence-electron chi connectivity index (χ4n) is 2.95. The van der Waals surface area contributed by atoms with Crippen molar-refractivity contribution in [2.24, 2.45) is 0 Å². The minimum atomic E-state index is -0.328. The molecule has 3 heteroatoms. The molecule has 0 aliphatic carbocycles. The summed E-state index contributed by atoms with van der Waals surface area (Å²) in [6.45, 7) is 2.04. The third-order valence-electron chi connectivity index (χ3n) is 4.08. The van der Waals surface area contributed by atoms with Crippen LogP contribution in [0.1, 0.15) is 5.56 Å². The molecular formula is C20H13ClO2. The van der Waals surface area contributed by atoms with Crippen LogP contribution in [0, 0.1) is 6.92 Å². The Labute approximate surface area is 137 Å². The van der Waals surface area contributed by atoms with E-state index in [2.05, 4.69) is 0 Å². The minimum absolute atomic E-state index is 0.328. The van der Waals surface area contributed by atoms with Crippen LogP contribution < -0.4 is 5.63 Å². The van der Waals surface area contributed by atoms with E-state index < -0.39 is 0 Å². The van der Waals surface area contributed by atoms with E-state index in [-0.39, 0.29) is 5.63 Å². The second kappa shape index (κ2) is 5.25. The molecule has 0 aliphatic rings. The first-order valence-electron chi connectivity index (χ1n) is 7.36. The largest absolute Gasteiger partial charge is 0.422 e. The van der Waals surface area contributed by atoms with Crippen LogP contribution in [0.5, 0.6) is 0 Å². The van der Waals surface area contributed by atoms with E-state index in [0.717, 1.165) is 21.9 Å². The molecule has 0 saturated carbocycles. The summed E-state index contributed by atoms with van der Waals surface area (Å²) in [7, 11) is 0. The molecule has 0 bridgehead atoms. The maximum absolute atomic E-state index is 12.2. The Morgan fingerprint density at radius 1 is 0.870 bits per heavy atom. The van der Waals surface area contributed by atoms with Crippen LogP contribution in [-0.2, 0) is 0 Å². The van der Waals surface area contributed by atoms with Gasteiger partial charge >= 0.3 is 5.63 Å². The van der Waals surface area contributed by atoms with Gasteiger partial charge in [0.1, 0.15) is 5.58 Å². The summed E-state index contributed by atoms with van der Waals surface area (Å²) >= 11 is 6.50. The molecule has 0 aliphatic heterocycles. The van der Waals surface area contributed by atoms with Crippen molar-refractivity contribution in [3.05, 3.63) is 81.7 Å². The molecule has 0 fully saturated rings. The molecule has 0 N–H and O–H groups in total. The summed E-state index contributed by atoms with van der Waals surface area (Å²) in [4.78, 5) is 12.2. The van der Waals surface area contributed by atoms with E-state index in [9.17, 15) is 4.79 Å². The predicted molar refractivity (Wildman–Crippen MR) is 95.2 cm³/mol. The molecule has 0 atom stereocenters. The first-order chi connectivity index (χ1) is 11.1. The van der Waals surface area contributed by atoms with Crippen LogP contribution in [-0.4, -0.2) is 0 Å². The van der Waals surface area contributed by atoms with Crippen LogP contribution in [0.2, 0.25) is 5.02 Å². The lowest BCUT2D eigenvalue weighted by Crippen LogP contribution is -2.00. The van der Waals surface area contributed by atoms with Gasteiger partial charge in [0.15, 0.2) is 0 Å². The van der Waals surface area contributed by atoms with Gasteiger partial charge in [0.25, 0.3) is 0 Å². The molecular weight excluding hydrogens is 308 g/mol. The Balaban J connectivity index is 2.23. The van der Waals surface area contributed by atoms with Gasteiger partial charge in [0.05, 0.1) is 5.39 Å². The zero-order valence-electron chi connectivity index (χ0n) is 12.5. The van der Waals surface area contributed by atoms with Gasteiger partial charge in [-0.3, -0.25) is 0 Å². The van der Waals surface area contributed by atoms with Crippen molar-refractivity contribution >= 4 is 33.3 Å². The second-order valence-corrected chi connectivity index (χ2v) is 6.00. The van der Waals surface area contributed by atoms with Gasteiger partial charge in [0.2, 0.25) is 0 Å². The molecule has 0 amide bonds. The van der Waals surface area contributed by atoms with Gasteiger partial charge in [-0.05, 0) is 30.7 Å². The van der Waals surface area contributed by atoms with Crippen molar-refractivity contribution in [2.75, 3.05) is 0 Å². The summed E-state index contributed by atoms with van der Waals surface area (Å²) in [5.74, 6) is 0. The van der Waals surface area contributed by atoms with E-state index in [0.29, 0.717) is 16.0 Å². The molecule has 2 nitrogen and oxygen atoms in total. The van der Waals surface area contributed by atoms with Gasteiger partial charge in [-0.25, -0.2) is 4.79 Å². The summed E-state index contributed by atoms with van der Waals surface area (Å²) in [6, 6.07) is 19.2. The Kier molecular flexibility index (Phi) is 3.21. The van der Waals surface area contributed by atoms with Crippen molar-refractivity contribution in [2.45, 2.75) is 6.92 Å². The van der Waals surface area contributed by atoms with Gasteiger partial charge in [-0.15, -0.1) is 0 Å². The van der Waals surface area contributed by atoms with Crippen LogP contribution in [0.15, 0.2) is 69.9 Å². The third-order valence-corrected chi connectivity index (χ3v) is 4.39. The van der Waals surface area contributed by atoms with E-state index >= 15 is 0 Å². The SMILES string of the molecule is Cc1ccc(-c2c(Cl)ccc3oc(=O)c4ccccc4c23)cc1. The molecule has 3 aromatic carbocycles. The number of aryl methyl sites for hydroxylation is 1. The lowest BCUT2D eigenvalue weighted by molar-refractivity contribution is 0.570. The van der Waals surface area contributed by atoms with Crippen molar-refractivity contribution in [3.8, 4) is 11.1 Å².